The van der Waals surface area contributed by atoms with Crippen LogP contribution in [0.3, 0.4) is 0 Å². The van der Waals surface area contributed by atoms with Crippen molar-refractivity contribution < 1.29 is 5.11 Å². The average molecular weight is 235 g/mol. The molecule has 0 aromatic heterocycles. The largest absolute Gasteiger partial charge is 0.396 e. The zero-order chi connectivity index (χ0) is 12.7. The third-order valence-electron chi connectivity index (χ3n) is 2.91. The number of hydrogen-bond acceptors (Lipinski definition) is 2. The van der Waals surface area contributed by atoms with E-state index in [1.54, 1.807) is 0 Å². The Hall–Kier alpha value is -1.02. The van der Waals surface area contributed by atoms with Crippen LogP contribution in [0.5, 0.6) is 0 Å². The lowest BCUT2D eigenvalue weighted by molar-refractivity contribution is 0.283. The van der Waals surface area contributed by atoms with Crippen LogP contribution >= 0.6 is 0 Å². The summed E-state index contributed by atoms with van der Waals surface area (Å²) in [6.07, 6.45) is 3.11. The summed E-state index contributed by atoms with van der Waals surface area (Å²) in [6.45, 7) is 7.97. The van der Waals surface area contributed by atoms with Crippen molar-refractivity contribution >= 4 is 5.69 Å². The molecule has 0 saturated carbocycles. The molecule has 0 radical (unpaired) electrons. The molecule has 17 heavy (non-hydrogen) atoms. The van der Waals surface area contributed by atoms with Crippen molar-refractivity contribution in [1.29, 1.82) is 0 Å². The predicted molar refractivity (Wildman–Crippen MR) is 74.6 cm³/mol. The van der Waals surface area contributed by atoms with E-state index in [2.05, 4.69) is 50.4 Å². The SMILES string of the molecule is CC(C)(C)c1ccc(NCCCCCO)cc1. The highest BCUT2D eigenvalue weighted by Gasteiger charge is 2.12. The summed E-state index contributed by atoms with van der Waals surface area (Å²) in [7, 11) is 0. The van der Waals surface area contributed by atoms with Gasteiger partial charge < -0.3 is 10.4 Å². The van der Waals surface area contributed by atoms with E-state index in [9.17, 15) is 0 Å². The molecule has 0 unspecified atom stereocenters. The predicted octanol–water partition coefficient (Wildman–Crippen LogP) is 3.56. The molecule has 0 spiro atoms. The molecule has 2 heteroatoms. The standard InChI is InChI=1S/C15H25NO/c1-15(2,3)13-7-9-14(10-8-13)16-11-5-4-6-12-17/h7-10,16-17H,4-6,11-12H2,1-3H3. The normalized spacial score (nSPS) is 11.5. The molecule has 0 heterocycles. The lowest BCUT2D eigenvalue weighted by Gasteiger charge is -2.19. The van der Waals surface area contributed by atoms with E-state index in [0.717, 1.165) is 25.8 Å². The molecule has 0 atom stereocenters. The smallest absolute Gasteiger partial charge is 0.0431 e. The Morgan fingerprint density at radius 1 is 1.00 bits per heavy atom. The molecule has 0 amide bonds. The molecule has 0 aliphatic heterocycles. The van der Waals surface area contributed by atoms with Gasteiger partial charge in [0.15, 0.2) is 0 Å². The van der Waals surface area contributed by atoms with E-state index in [1.807, 2.05) is 0 Å². The maximum atomic E-state index is 8.67. The molecule has 1 aromatic rings. The maximum Gasteiger partial charge on any atom is 0.0431 e. The van der Waals surface area contributed by atoms with Crippen molar-refractivity contribution in [2.24, 2.45) is 0 Å². The number of aliphatic hydroxyl groups excluding tert-OH is 1. The molecular formula is C15H25NO. The van der Waals surface area contributed by atoms with Crippen LogP contribution in [0.2, 0.25) is 0 Å². The first-order valence-corrected chi connectivity index (χ1v) is 6.49. The van der Waals surface area contributed by atoms with Gasteiger partial charge in [-0.05, 0) is 42.4 Å². The first kappa shape index (κ1) is 14.0. The molecule has 2 N–H and O–H groups in total. The Balaban J connectivity index is 2.36. The summed E-state index contributed by atoms with van der Waals surface area (Å²) in [5, 5.41) is 12.1. The minimum Gasteiger partial charge on any atom is -0.396 e. The molecule has 0 aliphatic rings. The van der Waals surface area contributed by atoms with E-state index < -0.39 is 0 Å². The Bertz CT molecular complexity index is 311. The summed E-state index contributed by atoms with van der Waals surface area (Å²) in [5.41, 5.74) is 2.77. The fourth-order valence-corrected chi connectivity index (χ4v) is 1.73. The summed E-state index contributed by atoms with van der Waals surface area (Å²) >= 11 is 0. The molecule has 1 rings (SSSR count). The second-order valence-electron chi connectivity index (χ2n) is 5.54. The second kappa shape index (κ2) is 6.65. The van der Waals surface area contributed by atoms with Gasteiger partial charge in [-0.25, -0.2) is 0 Å². The first-order valence-electron chi connectivity index (χ1n) is 6.49. The van der Waals surface area contributed by atoms with E-state index in [4.69, 9.17) is 5.11 Å². The highest BCUT2D eigenvalue weighted by atomic mass is 16.2. The summed E-state index contributed by atoms with van der Waals surface area (Å²) < 4.78 is 0. The Morgan fingerprint density at radius 3 is 2.18 bits per heavy atom. The molecule has 2 nitrogen and oxygen atoms in total. The summed E-state index contributed by atoms with van der Waals surface area (Å²) in [6, 6.07) is 8.67. The quantitative estimate of drug-likeness (QED) is 0.739. The van der Waals surface area contributed by atoms with Crippen molar-refractivity contribution in [3.05, 3.63) is 29.8 Å². The number of anilines is 1. The Kier molecular flexibility index (Phi) is 5.49. The molecule has 0 fully saturated rings. The van der Waals surface area contributed by atoms with Crippen LogP contribution in [0.15, 0.2) is 24.3 Å². The van der Waals surface area contributed by atoms with E-state index in [1.165, 1.54) is 11.3 Å². The van der Waals surface area contributed by atoms with Gasteiger partial charge in [-0.3, -0.25) is 0 Å². The molecule has 0 bridgehead atoms. The van der Waals surface area contributed by atoms with Crippen molar-refractivity contribution in [2.45, 2.75) is 45.4 Å². The Labute approximate surface area is 105 Å². The van der Waals surface area contributed by atoms with Crippen LogP contribution in [0, 0.1) is 0 Å². The zero-order valence-corrected chi connectivity index (χ0v) is 11.3. The topological polar surface area (TPSA) is 32.3 Å². The summed E-state index contributed by atoms with van der Waals surface area (Å²) in [5.74, 6) is 0. The lowest BCUT2D eigenvalue weighted by Crippen LogP contribution is -2.11. The maximum absolute atomic E-state index is 8.67. The number of hydrogen-bond donors (Lipinski definition) is 2. The fourth-order valence-electron chi connectivity index (χ4n) is 1.73. The molecule has 1 aromatic carbocycles. The van der Waals surface area contributed by atoms with Gasteiger partial charge in [-0.2, -0.15) is 0 Å². The Morgan fingerprint density at radius 2 is 1.65 bits per heavy atom. The van der Waals surface area contributed by atoms with Gasteiger partial charge in [0, 0.05) is 18.8 Å². The van der Waals surface area contributed by atoms with Crippen LogP contribution < -0.4 is 5.32 Å². The van der Waals surface area contributed by atoms with Crippen molar-refractivity contribution in [3.63, 3.8) is 0 Å². The average Bonchev–Trinajstić information content (AvgIpc) is 2.28. The highest BCUT2D eigenvalue weighted by molar-refractivity contribution is 5.45. The molecular weight excluding hydrogens is 210 g/mol. The molecule has 0 aliphatic carbocycles. The number of benzene rings is 1. The van der Waals surface area contributed by atoms with Gasteiger partial charge in [0.05, 0.1) is 0 Å². The summed E-state index contributed by atoms with van der Waals surface area (Å²) in [4.78, 5) is 0. The van der Waals surface area contributed by atoms with Gasteiger partial charge in [-0.1, -0.05) is 32.9 Å². The number of aliphatic hydroxyl groups is 1. The monoisotopic (exact) mass is 235 g/mol. The van der Waals surface area contributed by atoms with Crippen LogP contribution in [0.25, 0.3) is 0 Å². The highest BCUT2D eigenvalue weighted by Crippen LogP contribution is 2.23. The van der Waals surface area contributed by atoms with E-state index in [-0.39, 0.29) is 5.41 Å². The van der Waals surface area contributed by atoms with Gasteiger partial charge in [0.1, 0.15) is 0 Å². The number of rotatable bonds is 6. The van der Waals surface area contributed by atoms with E-state index >= 15 is 0 Å². The van der Waals surface area contributed by atoms with Crippen LogP contribution in [0.1, 0.15) is 45.6 Å². The van der Waals surface area contributed by atoms with Crippen molar-refractivity contribution in [3.8, 4) is 0 Å². The van der Waals surface area contributed by atoms with Crippen LogP contribution in [0.4, 0.5) is 5.69 Å². The van der Waals surface area contributed by atoms with Crippen molar-refractivity contribution in [1.82, 2.24) is 0 Å². The minimum absolute atomic E-state index is 0.222. The van der Waals surface area contributed by atoms with Crippen LogP contribution in [-0.4, -0.2) is 18.3 Å². The third kappa shape index (κ3) is 5.22. The molecule has 96 valence electrons. The number of nitrogens with one attached hydrogen (secondary N) is 1. The van der Waals surface area contributed by atoms with Crippen LogP contribution in [-0.2, 0) is 5.41 Å². The fraction of sp³-hybridized carbons (Fsp3) is 0.600. The van der Waals surface area contributed by atoms with Crippen molar-refractivity contribution in [2.75, 3.05) is 18.5 Å². The zero-order valence-electron chi connectivity index (χ0n) is 11.3. The minimum atomic E-state index is 0.222. The first-order chi connectivity index (χ1) is 8.04. The van der Waals surface area contributed by atoms with Gasteiger partial charge in [-0.15, -0.1) is 0 Å². The lowest BCUT2D eigenvalue weighted by atomic mass is 9.87. The van der Waals surface area contributed by atoms with E-state index in [0.29, 0.717) is 6.61 Å². The van der Waals surface area contributed by atoms with Gasteiger partial charge in [0.25, 0.3) is 0 Å². The van der Waals surface area contributed by atoms with Gasteiger partial charge >= 0.3 is 0 Å². The van der Waals surface area contributed by atoms with Gasteiger partial charge in [0.2, 0.25) is 0 Å². The molecule has 0 saturated heterocycles. The third-order valence-corrected chi connectivity index (χ3v) is 2.91. The number of unbranched alkanes of at least 4 members (excludes halogenated alkanes) is 2. The second-order valence-corrected chi connectivity index (χ2v) is 5.54.